The highest BCUT2D eigenvalue weighted by molar-refractivity contribution is 6.23. The van der Waals surface area contributed by atoms with Crippen LogP contribution in [0.4, 0.5) is 11.4 Å². The number of aromatic hydroxyl groups is 1. The van der Waals surface area contributed by atoms with Crippen LogP contribution in [0.3, 0.4) is 0 Å². The van der Waals surface area contributed by atoms with Gasteiger partial charge in [0.25, 0.3) is 5.91 Å². The van der Waals surface area contributed by atoms with Gasteiger partial charge >= 0.3 is 0 Å². The van der Waals surface area contributed by atoms with E-state index in [0.29, 0.717) is 11.4 Å². The minimum atomic E-state index is -0.669. The Morgan fingerprint density at radius 2 is 1.83 bits per heavy atom. The number of hydrogen-bond acceptors (Lipinski definition) is 4. The van der Waals surface area contributed by atoms with Crippen LogP contribution in [-0.4, -0.2) is 23.0 Å². The van der Waals surface area contributed by atoms with E-state index in [9.17, 15) is 14.7 Å². The Morgan fingerprint density at radius 1 is 1.09 bits per heavy atom. The number of aryl methyl sites for hydroxylation is 2. The highest BCUT2D eigenvalue weighted by Crippen LogP contribution is 2.29. The molecule has 23 heavy (non-hydrogen) atoms. The average Bonchev–Trinajstić information content (AvgIpc) is 2.79. The van der Waals surface area contributed by atoms with E-state index in [1.54, 1.807) is 24.3 Å². The molecule has 5 nitrogen and oxygen atoms in total. The zero-order chi connectivity index (χ0) is 16.6. The third kappa shape index (κ3) is 2.77. The number of phenols is 1. The summed E-state index contributed by atoms with van der Waals surface area (Å²) in [6.45, 7) is 3.93. The normalized spacial score (nSPS) is 17.7. The third-order valence-electron chi connectivity index (χ3n) is 4.13. The van der Waals surface area contributed by atoms with E-state index < -0.39 is 6.04 Å². The summed E-state index contributed by atoms with van der Waals surface area (Å²) in [5, 5.41) is 12.8. The van der Waals surface area contributed by atoms with Crippen LogP contribution in [0.15, 0.2) is 42.5 Å². The Bertz CT molecular complexity index is 786. The Morgan fingerprint density at radius 3 is 2.52 bits per heavy atom. The number of phenolic OH excluding ortho intramolecular Hbond substituents is 1. The molecule has 2 aromatic carbocycles. The van der Waals surface area contributed by atoms with E-state index in [4.69, 9.17) is 0 Å². The number of carbonyl (C=O) groups is 2. The van der Waals surface area contributed by atoms with Gasteiger partial charge in [0, 0.05) is 0 Å². The molecule has 1 aliphatic rings. The van der Waals surface area contributed by atoms with Gasteiger partial charge in [-0.2, -0.15) is 0 Å². The van der Waals surface area contributed by atoms with Crippen LogP contribution in [0.1, 0.15) is 17.5 Å². The lowest BCUT2D eigenvalue weighted by Crippen LogP contribution is -2.34. The molecule has 2 N–H and O–H groups in total. The maximum absolute atomic E-state index is 12.6. The number of hydrogen-bond donors (Lipinski definition) is 2. The number of amides is 2. The molecule has 5 heteroatoms. The number of nitrogens with one attached hydrogen (secondary N) is 1. The quantitative estimate of drug-likeness (QED) is 0.675. The molecule has 1 saturated heterocycles. The first-order valence-corrected chi connectivity index (χ1v) is 7.46. The highest BCUT2D eigenvalue weighted by Gasteiger charge is 2.39. The summed E-state index contributed by atoms with van der Waals surface area (Å²) < 4.78 is 0. The first-order valence-electron chi connectivity index (χ1n) is 7.46. The third-order valence-corrected chi connectivity index (χ3v) is 4.13. The van der Waals surface area contributed by atoms with Crippen molar-refractivity contribution in [1.29, 1.82) is 0 Å². The van der Waals surface area contributed by atoms with Crippen LogP contribution in [0.5, 0.6) is 5.75 Å². The van der Waals surface area contributed by atoms with E-state index in [1.807, 2.05) is 26.0 Å². The molecule has 1 fully saturated rings. The number of carbonyl (C=O) groups excluding carboxylic acids is 2. The summed E-state index contributed by atoms with van der Waals surface area (Å²) in [4.78, 5) is 26.1. The smallest absolute Gasteiger partial charge is 0.256 e. The number of para-hydroxylation sites is 2. The second kappa shape index (κ2) is 5.76. The molecule has 3 rings (SSSR count). The Kier molecular flexibility index (Phi) is 3.78. The predicted molar refractivity (Wildman–Crippen MR) is 88.5 cm³/mol. The van der Waals surface area contributed by atoms with Gasteiger partial charge in [-0.15, -0.1) is 0 Å². The Balaban J connectivity index is 1.85. The van der Waals surface area contributed by atoms with Crippen LogP contribution in [-0.2, 0) is 9.59 Å². The Labute approximate surface area is 134 Å². The minimum Gasteiger partial charge on any atom is -0.506 e. The van der Waals surface area contributed by atoms with Gasteiger partial charge in [0.15, 0.2) is 0 Å². The van der Waals surface area contributed by atoms with Crippen molar-refractivity contribution in [2.24, 2.45) is 0 Å². The van der Waals surface area contributed by atoms with E-state index in [0.717, 1.165) is 11.1 Å². The molecule has 0 bridgehead atoms. The predicted octanol–water partition coefficient (Wildman–Crippen LogP) is 2.75. The maximum atomic E-state index is 12.6. The molecule has 2 aromatic rings. The van der Waals surface area contributed by atoms with Crippen LogP contribution < -0.4 is 10.2 Å². The van der Waals surface area contributed by atoms with Crippen molar-refractivity contribution in [2.45, 2.75) is 26.3 Å². The molecule has 1 heterocycles. The minimum absolute atomic E-state index is 0.0531. The van der Waals surface area contributed by atoms with E-state index >= 15 is 0 Å². The van der Waals surface area contributed by atoms with Gasteiger partial charge in [-0.25, -0.2) is 4.90 Å². The molecule has 0 radical (unpaired) electrons. The number of nitrogens with zero attached hydrogens (tertiary/aromatic N) is 1. The summed E-state index contributed by atoms with van der Waals surface area (Å²) in [6, 6.07) is 11.5. The molecule has 0 saturated carbocycles. The van der Waals surface area contributed by atoms with Crippen molar-refractivity contribution in [1.82, 2.24) is 0 Å². The van der Waals surface area contributed by atoms with Crippen molar-refractivity contribution in [3.05, 3.63) is 53.6 Å². The average molecular weight is 310 g/mol. The number of benzene rings is 2. The zero-order valence-corrected chi connectivity index (χ0v) is 13.0. The lowest BCUT2D eigenvalue weighted by molar-refractivity contribution is -0.121. The molecule has 0 aromatic heterocycles. The maximum Gasteiger partial charge on any atom is 0.256 e. The van der Waals surface area contributed by atoms with Gasteiger partial charge in [-0.3, -0.25) is 9.59 Å². The molecule has 0 spiro atoms. The van der Waals surface area contributed by atoms with E-state index in [2.05, 4.69) is 5.32 Å². The summed E-state index contributed by atoms with van der Waals surface area (Å²) in [7, 11) is 0. The number of anilines is 2. The first-order chi connectivity index (χ1) is 11.0. The van der Waals surface area contributed by atoms with Crippen molar-refractivity contribution >= 4 is 23.2 Å². The second-order valence-electron chi connectivity index (χ2n) is 5.75. The molecule has 0 aliphatic carbocycles. The van der Waals surface area contributed by atoms with E-state index in [-0.39, 0.29) is 24.0 Å². The Hall–Kier alpha value is -2.82. The van der Waals surface area contributed by atoms with Crippen LogP contribution >= 0.6 is 0 Å². The summed E-state index contributed by atoms with van der Waals surface area (Å²) in [5.41, 5.74) is 3.17. The molecular weight excluding hydrogens is 292 g/mol. The SMILES string of the molecule is Cc1ccc(N2C(=O)CC(Nc3ccccc3O)C2=O)cc1C. The van der Waals surface area contributed by atoms with Crippen molar-refractivity contribution < 1.29 is 14.7 Å². The van der Waals surface area contributed by atoms with Crippen molar-refractivity contribution in [2.75, 3.05) is 10.2 Å². The fourth-order valence-corrected chi connectivity index (χ4v) is 2.66. The van der Waals surface area contributed by atoms with Gasteiger partial charge in [-0.05, 0) is 49.2 Å². The van der Waals surface area contributed by atoms with Crippen molar-refractivity contribution in [3.63, 3.8) is 0 Å². The van der Waals surface area contributed by atoms with Crippen molar-refractivity contribution in [3.8, 4) is 5.75 Å². The topological polar surface area (TPSA) is 69.6 Å². The summed E-state index contributed by atoms with van der Waals surface area (Å²) >= 11 is 0. The molecule has 1 atom stereocenters. The number of rotatable bonds is 3. The molecule has 1 aliphatic heterocycles. The van der Waals surface area contributed by atoms with Gasteiger partial charge in [0.1, 0.15) is 11.8 Å². The summed E-state index contributed by atoms with van der Waals surface area (Å²) in [5.74, 6) is -0.495. The van der Waals surface area contributed by atoms with Gasteiger partial charge < -0.3 is 10.4 Å². The van der Waals surface area contributed by atoms with Crippen LogP contribution in [0.25, 0.3) is 0 Å². The fraction of sp³-hybridized carbons (Fsp3) is 0.222. The second-order valence-corrected chi connectivity index (χ2v) is 5.75. The van der Waals surface area contributed by atoms with Gasteiger partial charge in [-0.1, -0.05) is 18.2 Å². The lowest BCUT2D eigenvalue weighted by atomic mass is 10.1. The van der Waals surface area contributed by atoms with Gasteiger partial charge in [0.2, 0.25) is 5.91 Å². The van der Waals surface area contributed by atoms with Crippen LogP contribution in [0, 0.1) is 13.8 Å². The fourth-order valence-electron chi connectivity index (χ4n) is 2.66. The standard InChI is InChI=1S/C18H18N2O3/c1-11-7-8-13(9-12(11)2)20-17(22)10-15(18(20)23)19-14-5-3-4-6-16(14)21/h3-9,15,19,21H,10H2,1-2H3. The molecule has 2 amide bonds. The zero-order valence-electron chi connectivity index (χ0n) is 13.0. The lowest BCUT2D eigenvalue weighted by Gasteiger charge is -2.17. The van der Waals surface area contributed by atoms with Crippen LogP contribution in [0.2, 0.25) is 0 Å². The van der Waals surface area contributed by atoms with Gasteiger partial charge in [0.05, 0.1) is 17.8 Å². The molecular formula is C18H18N2O3. The summed E-state index contributed by atoms with van der Waals surface area (Å²) in [6.07, 6.45) is 0.0695. The molecule has 1 unspecified atom stereocenters. The molecule has 118 valence electrons. The number of imide groups is 1. The first kappa shape index (κ1) is 15.1. The highest BCUT2D eigenvalue weighted by atomic mass is 16.3. The monoisotopic (exact) mass is 310 g/mol. The van der Waals surface area contributed by atoms with E-state index in [1.165, 1.54) is 11.0 Å². The largest absolute Gasteiger partial charge is 0.506 e.